The van der Waals surface area contributed by atoms with Crippen molar-refractivity contribution in [2.75, 3.05) is 6.54 Å². The predicted molar refractivity (Wildman–Crippen MR) is 68.8 cm³/mol. The maximum atomic E-state index is 12.0. The molecule has 17 heavy (non-hydrogen) atoms. The van der Waals surface area contributed by atoms with Crippen LogP contribution in [0.4, 0.5) is 0 Å². The molecule has 4 heteroatoms. The number of hydrogen-bond donors (Lipinski definition) is 1. The van der Waals surface area contributed by atoms with Gasteiger partial charge in [0.1, 0.15) is 0 Å². The molecule has 0 radical (unpaired) electrons. The maximum Gasteiger partial charge on any atom is 0.239 e. The highest BCUT2D eigenvalue weighted by molar-refractivity contribution is 6.31. The number of halogens is 1. The van der Waals surface area contributed by atoms with Crippen LogP contribution in [0.5, 0.6) is 0 Å². The van der Waals surface area contributed by atoms with Crippen LogP contribution < -0.4 is 5.73 Å². The molecule has 2 rings (SSSR count). The van der Waals surface area contributed by atoms with Crippen molar-refractivity contribution in [1.29, 1.82) is 0 Å². The molecule has 1 aliphatic rings. The third-order valence-corrected chi connectivity index (χ3v) is 3.53. The van der Waals surface area contributed by atoms with Crippen LogP contribution in [-0.2, 0) is 4.79 Å². The molecule has 1 aromatic carbocycles. The smallest absolute Gasteiger partial charge is 0.239 e. The number of benzene rings is 1. The summed E-state index contributed by atoms with van der Waals surface area (Å²) in [6, 6.07) is 7.34. The largest absolute Gasteiger partial charge is 0.334 e. The zero-order chi connectivity index (χ0) is 12.4. The summed E-state index contributed by atoms with van der Waals surface area (Å²) in [7, 11) is 0. The van der Waals surface area contributed by atoms with Crippen molar-refractivity contribution in [3.63, 3.8) is 0 Å². The van der Waals surface area contributed by atoms with Gasteiger partial charge in [-0.1, -0.05) is 29.8 Å². The summed E-state index contributed by atoms with van der Waals surface area (Å²) in [5.41, 5.74) is 6.70. The van der Waals surface area contributed by atoms with Crippen molar-refractivity contribution in [3.8, 4) is 0 Å². The fourth-order valence-electron chi connectivity index (χ4n) is 2.36. The van der Waals surface area contributed by atoms with Gasteiger partial charge in [-0.15, -0.1) is 0 Å². The van der Waals surface area contributed by atoms with Gasteiger partial charge in [-0.25, -0.2) is 0 Å². The number of amides is 1. The molecular weight excluding hydrogens is 236 g/mol. The first-order chi connectivity index (χ1) is 8.11. The van der Waals surface area contributed by atoms with Gasteiger partial charge < -0.3 is 10.6 Å². The Morgan fingerprint density at radius 2 is 2.24 bits per heavy atom. The van der Waals surface area contributed by atoms with E-state index in [9.17, 15) is 4.79 Å². The van der Waals surface area contributed by atoms with Gasteiger partial charge in [-0.2, -0.15) is 0 Å². The van der Waals surface area contributed by atoms with Gasteiger partial charge in [0, 0.05) is 11.6 Å². The van der Waals surface area contributed by atoms with E-state index in [2.05, 4.69) is 0 Å². The molecule has 0 aliphatic carbocycles. The van der Waals surface area contributed by atoms with Crippen LogP contribution in [0.2, 0.25) is 5.02 Å². The summed E-state index contributed by atoms with van der Waals surface area (Å²) < 4.78 is 0. The van der Waals surface area contributed by atoms with Crippen LogP contribution in [0.3, 0.4) is 0 Å². The Kier molecular flexibility index (Phi) is 3.69. The minimum atomic E-state index is -0.446. The zero-order valence-corrected chi connectivity index (χ0v) is 10.7. The molecule has 1 aromatic rings. The van der Waals surface area contributed by atoms with Crippen molar-refractivity contribution >= 4 is 17.5 Å². The topological polar surface area (TPSA) is 46.3 Å². The van der Waals surface area contributed by atoms with Crippen molar-refractivity contribution in [2.24, 2.45) is 5.73 Å². The van der Waals surface area contributed by atoms with Crippen molar-refractivity contribution < 1.29 is 4.79 Å². The molecule has 0 spiro atoms. The lowest BCUT2D eigenvalue weighted by Gasteiger charge is -2.27. The highest BCUT2D eigenvalue weighted by Gasteiger charge is 2.32. The van der Waals surface area contributed by atoms with Crippen LogP contribution >= 0.6 is 11.6 Å². The molecule has 2 unspecified atom stereocenters. The van der Waals surface area contributed by atoms with Crippen LogP contribution in [-0.4, -0.2) is 23.4 Å². The first-order valence-electron chi connectivity index (χ1n) is 5.91. The number of hydrogen-bond acceptors (Lipinski definition) is 2. The zero-order valence-electron chi connectivity index (χ0n) is 9.90. The number of nitrogens with zero attached hydrogens (tertiary/aromatic N) is 1. The minimum Gasteiger partial charge on any atom is -0.334 e. The molecule has 2 N–H and O–H groups in total. The standard InChI is InChI=1S/C13H17ClN2O/c1-9(15)13(17)16-8-4-7-12(16)10-5-2-3-6-11(10)14/h2-3,5-6,9,12H,4,7-8,15H2,1H3. The Hall–Kier alpha value is -1.06. The van der Waals surface area contributed by atoms with Crippen LogP contribution in [0.25, 0.3) is 0 Å². The molecule has 2 atom stereocenters. The highest BCUT2D eigenvalue weighted by Crippen LogP contribution is 2.35. The van der Waals surface area contributed by atoms with E-state index >= 15 is 0 Å². The van der Waals surface area contributed by atoms with E-state index in [1.165, 1.54) is 0 Å². The van der Waals surface area contributed by atoms with E-state index in [0.717, 1.165) is 30.0 Å². The third kappa shape index (κ3) is 2.45. The van der Waals surface area contributed by atoms with Crippen LogP contribution in [0.15, 0.2) is 24.3 Å². The molecular formula is C13H17ClN2O. The summed E-state index contributed by atoms with van der Waals surface area (Å²) in [6.45, 7) is 2.50. The Labute approximate surface area is 107 Å². The first-order valence-corrected chi connectivity index (χ1v) is 6.29. The Bertz CT molecular complexity index is 420. The Morgan fingerprint density at radius 1 is 1.53 bits per heavy atom. The van der Waals surface area contributed by atoms with E-state index in [-0.39, 0.29) is 11.9 Å². The lowest BCUT2D eigenvalue weighted by molar-refractivity contribution is -0.133. The first kappa shape index (κ1) is 12.4. The second-order valence-corrected chi connectivity index (χ2v) is 4.91. The SMILES string of the molecule is CC(N)C(=O)N1CCCC1c1ccccc1Cl. The summed E-state index contributed by atoms with van der Waals surface area (Å²) in [5.74, 6) is 0.00687. The molecule has 1 fully saturated rings. The molecule has 0 aromatic heterocycles. The lowest BCUT2D eigenvalue weighted by atomic mass is 10.0. The Morgan fingerprint density at radius 3 is 2.88 bits per heavy atom. The van der Waals surface area contributed by atoms with Gasteiger partial charge in [-0.05, 0) is 31.4 Å². The average molecular weight is 253 g/mol. The second-order valence-electron chi connectivity index (χ2n) is 4.50. The minimum absolute atomic E-state index is 0.00687. The van der Waals surface area contributed by atoms with Gasteiger partial charge in [0.25, 0.3) is 0 Å². The molecule has 1 aliphatic heterocycles. The number of nitrogens with two attached hydrogens (primary N) is 1. The number of carbonyl (C=O) groups is 1. The molecule has 1 saturated heterocycles. The number of rotatable bonds is 2. The lowest BCUT2D eigenvalue weighted by Crippen LogP contribution is -2.41. The van der Waals surface area contributed by atoms with Crippen molar-refractivity contribution in [2.45, 2.75) is 31.8 Å². The van der Waals surface area contributed by atoms with E-state index in [1.807, 2.05) is 29.2 Å². The van der Waals surface area contributed by atoms with E-state index in [1.54, 1.807) is 6.92 Å². The van der Waals surface area contributed by atoms with Gasteiger partial charge in [0.05, 0.1) is 12.1 Å². The third-order valence-electron chi connectivity index (χ3n) is 3.19. The molecule has 1 amide bonds. The van der Waals surface area contributed by atoms with Crippen LogP contribution in [0, 0.1) is 0 Å². The summed E-state index contributed by atoms with van der Waals surface area (Å²) in [5, 5.41) is 0.724. The maximum absolute atomic E-state index is 12.0. The highest BCUT2D eigenvalue weighted by atomic mass is 35.5. The average Bonchev–Trinajstić information content (AvgIpc) is 2.77. The normalized spacial score (nSPS) is 21.6. The monoisotopic (exact) mass is 252 g/mol. The molecule has 3 nitrogen and oxygen atoms in total. The van der Waals surface area contributed by atoms with Gasteiger partial charge in [0.2, 0.25) is 5.91 Å². The van der Waals surface area contributed by atoms with Gasteiger partial charge in [-0.3, -0.25) is 4.79 Å². The van der Waals surface area contributed by atoms with Crippen molar-refractivity contribution in [1.82, 2.24) is 4.90 Å². The number of likely N-dealkylation sites (tertiary alicyclic amines) is 1. The summed E-state index contributed by atoms with van der Waals surface area (Å²) in [6.07, 6.45) is 1.97. The second kappa shape index (κ2) is 5.07. The Balaban J connectivity index is 2.26. The van der Waals surface area contributed by atoms with E-state index < -0.39 is 6.04 Å². The van der Waals surface area contributed by atoms with Crippen LogP contribution in [0.1, 0.15) is 31.4 Å². The van der Waals surface area contributed by atoms with Gasteiger partial charge >= 0.3 is 0 Å². The van der Waals surface area contributed by atoms with E-state index in [0.29, 0.717) is 0 Å². The summed E-state index contributed by atoms with van der Waals surface area (Å²) >= 11 is 6.18. The van der Waals surface area contributed by atoms with Gasteiger partial charge in [0.15, 0.2) is 0 Å². The molecule has 1 heterocycles. The summed E-state index contributed by atoms with van der Waals surface area (Å²) in [4.78, 5) is 13.9. The predicted octanol–water partition coefficient (Wildman–Crippen LogP) is 2.35. The van der Waals surface area contributed by atoms with E-state index in [4.69, 9.17) is 17.3 Å². The molecule has 0 saturated carbocycles. The fraction of sp³-hybridized carbons (Fsp3) is 0.462. The van der Waals surface area contributed by atoms with Crippen molar-refractivity contribution in [3.05, 3.63) is 34.9 Å². The molecule has 92 valence electrons. The fourth-order valence-corrected chi connectivity index (χ4v) is 2.62. The number of carbonyl (C=O) groups excluding carboxylic acids is 1. The quantitative estimate of drug-likeness (QED) is 0.878. The molecule has 0 bridgehead atoms.